The summed E-state index contributed by atoms with van der Waals surface area (Å²) in [6.45, 7) is 3.59. The number of halogens is 2. The molecule has 1 N–H and O–H groups in total. The van der Waals surface area contributed by atoms with E-state index in [-0.39, 0.29) is 11.5 Å². The third kappa shape index (κ3) is 4.39. The molecule has 1 aliphatic heterocycles. The van der Waals surface area contributed by atoms with Crippen LogP contribution in [0.5, 0.6) is 0 Å². The lowest BCUT2D eigenvalue weighted by atomic mass is 9.96. The van der Waals surface area contributed by atoms with Crippen LogP contribution in [0.1, 0.15) is 28.8 Å². The minimum atomic E-state index is -0.996. The summed E-state index contributed by atoms with van der Waals surface area (Å²) < 4.78 is 26.1. The SMILES string of the molecule is O=C(NCC1CCN(Cc2ccsc2)CC1)c1ccc(F)c(F)c1. The average molecular weight is 350 g/mol. The molecule has 1 aliphatic rings. The molecule has 1 aromatic carbocycles. The maximum atomic E-state index is 13.2. The number of rotatable bonds is 5. The topological polar surface area (TPSA) is 32.3 Å². The van der Waals surface area contributed by atoms with Crippen molar-refractivity contribution in [2.45, 2.75) is 19.4 Å². The molecule has 2 heterocycles. The summed E-state index contributed by atoms with van der Waals surface area (Å²) in [4.78, 5) is 14.4. The van der Waals surface area contributed by atoms with E-state index in [0.29, 0.717) is 12.5 Å². The minimum Gasteiger partial charge on any atom is -0.352 e. The van der Waals surface area contributed by atoms with Crippen LogP contribution in [0, 0.1) is 17.6 Å². The zero-order valence-electron chi connectivity index (χ0n) is 13.3. The summed E-state index contributed by atoms with van der Waals surface area (Å²) in [5.41, 5.74) is 1.51. The zero-order valence-corrected chi connectivity index (χ0v) is 14.1. The van der Waals surface area contributed by atoms with E-state index in [4.69, 9.17) is 0 Å². The molecule has 0 unspecified atom stereocenters. The van der Waals surface area contributed by atoms with Gasteiger partial charge in [-0.15, -0.1) is 0 Å². The summed E-state index contributed by atoms with van der Waals surface area (Å²) in [6, 6.07) is 5.37. The number of thiophene rings is 1. The highest BCUT2D eigenvalue weighted by molar-refractivity contribution is 7.07. The fourth-order valence-corrected chi connectivity index (χ4v) is 3.63. The highest BCUT2D eigenvalue weighted by atomic mass is 32.1. The van der Waals surface area contributed by atoms with E-state index >= 15 is 0 Å². The Balaban J connectivity index is 1.43. The first-order chi connectivity index (χ1) is 11.6. The Bertz CT molecular complexity index is 682. The summed E-state index contributed by atoms with van der Waals surface area (Å²) in [5, 5.41) is 7.10. The van der Waals surface area contributed by atoms with Gasteiger partial charge in [-0.25, -0.2) is 8.78 Å². The molecule has 0 bridgehead atoms. The molecule has 1 amide bonds. The molecule has 128 valence electrons. The lowest BCUT2D eigenvalue weighted by Gasteiger charge is -2.31. The maximum Gasteiger partial charge on any atom is 0.251 e. The summed E-state index contributed by atoms with van der Waals surface area (Å²) in [6.07, 6.45) is 2.06. The summed E-state index contributed by atoms with van der Waals surface area (Å²) in [5.74, 6) is -1.86. The Morgan fingerprint density at radius 1 is 1.21 bits per heavy atom. The van der Waals surface area contributed by atoms with E-state index in [0.717, 1.165) is 44.6 Å². The van der Waals surface area contributed by atoms with Crippen LogP contribution in [0.4, 0.5) is 8.78 Å². The number of piperidine rings is 1. The number of benzene rings is 1. The standard InChI is InChI=1S/C18H20F2N2OS/c19-16-2-1-15(9-17(16)20)18(23)21-10-13-3-6-22(7-4-13)11-14-5-8-24-12-14/h1-2,5,8-9,12-13H,3-4,6-7,10-11H2,(H,21,23). The molecule has 3 rings (SSSR count). The van der Waals surface area contributed by atoms with E-state index in [1.807, 2.05) is 0 Å². The fraction of sp³-hybridized carbons (Fsp3) is 0.389. The molecular weight excluding hydrogens is 330 g/mol. The molecule has 1 aromatic heterocycles. The zero-order chi connectivity index (χ0) is 16.9. The third-order valence-electron chi connectivity index (χ3n) is 4.43. The van der Waals surface area contributed by atoms with Gasteiger partial charge in [0.1, 0.15) is 0 Å². The molecule has 0 radical (unpaired) electrons. The number of nitrogens with zero attached hydrogens (tertiary/aromatic N) is 1. The predicted molar refractivity (Wildman–Crippen MR) is 91.0 cm³/mol. The van der Waals surface area contributed by atoms with E-state index in [2.05, 4.69) is 27.0 Å². The van der Waals surface area contributed by atoms with Crippen molar-refractivity contribution in [3.63, 3.8) is 0 Å². The molecule has 6 heteroatoms. The minimum absolute atomic E-state index is 0.156. The van der Waals surface area contributed by atoms with Gasteiger partial charge in [0.2, 0.25) is 0 Å². The van der Waals surface area contributed by atoms with E-state index in [1.165, 1.54) is 11.6 Å². The molecule has 0 saturated carbocycles. The van der Waals surface area contributed by atoms with Crippen LogP contribution >= 0.6 is 11.3 Å². The first kappa shape index (κ1) is 17.0. The Labute approximate surface area is 144 Å². The quantitative estimate of drug-likeness (QED) is 0.892. The van der Waals surface area contributed by atoms with Crippen molar-refractivity contribution >= 4 is 17.2 Å². The van der Waals surface area contributed by atoms with Crippen molar-refractivity contribution in [3.05, 3.63) is 57.8 Å². The van der Waals surface area contributed by atoms with Crippen molar-refractivity contribution < 1.29 is 13.6 Å². The van der Waals surface area contributed by atoms with Gasteiger partial charge in [0.25, 0.3) is 5.91 Å². The normalized spacial score (nSPS) is 16.2. The van der Waals surface area contributed by atoms with Crippen LogP contribution in [0.2, 0.25) is 0 Å². The van der Waals surface area contributed by atoms with Gasteiger partial charge in [-0.2, -0.15) is 11.3 Å². The number of hydrogen-bond donors (Lipinski definition) is 1. The Hall–Kier alpha value is -1.79. The molecule has 1 saturated heterocycles. The molecule has 0 atom stereocenters. The van der Waals surface area contributed by atoms with Crippen LogP contribution < -0.4 is 5.32 Å². The Morgan fingerprint density at radius 3 is 2.67 bits per heavy atom. The largest absolute Gasteiger partial charge is 0.352 e. The first-order valence-electron chi connectivity index (χ1n) is 8.08. The molecule has 0 spiro atoms. The van der Waals surface area contributed by atoms with Crippen LogP contribution in [-0.4, -0.2) is 30.4 Å². The molecule has 3 nitrogen and oxygen atoms in total. The highest BCUT2D eigenvalue weighted by Gasteiger charge is 2.20. The lowest BCUT2D eigenvalue weighted by molar-refractivity contribution is 0.0934. The second-order valence-corrected chi connectivity index (χ2v) is 6.97. The van der Waals surface area contributed by atoms with Crippen molar-refractivity contribution in [1.29, 1.82) is 0 Å². The Kier molecular flexibility index (Phi) is 5.58. The van der Waals surface area contributed by atoms with E-state index in [1.54, 1.807) is 11.3 Å². The van der Waals surface area contributed by atoms with Crippen molar-refractivity contribution in [3.8, 4) is 0 Å². The smallest absolute Gasteiger partial charge is 0.251 e. The molecule has 2 aromatic rings. The van der Waals surface area contributed by atoms with Crippen LogP contribution in [-0.2, 0) is 6.54 Å². The van der Waals surface area contributed by atoms with Gasteiger partial charge in [-0.05, 0) is 72.4 Å². The average Bonchev–Trinajstić information content (AvgIpc) is 3.09. The molecule has 0 aliphatic carbocycles. The summed E-state index contributed by atoms with van der Waals surface area (Å²) in [7, 11) is 0. The number of amides is 1. The molecule has 24 heavy (non-hydrogen) atoms. The second kappa shape index (κ2) is 7.85. The van der Waals surface area contributed by atoms with Gasteiger partial charge >= 0.3 is 0 Å². The van der Waals surface area contributed by atoms with Crippen molar-refractivity contribution in [2.75, 3.05) is 19.6 Å². The Morgan fingerprint density at radius 2 is 2.00 bits per heavy atom. The number of carbonyl (C=O) groups excluding carboxylic acids is 1. The number of carbonyl (C=O) groups is 1. The van der Waals surface area contributed by atoms with Gasteiger partial charge in [0.15, 0.2) is 11.6 Å². The third-order valence-corrected chi connectivity index (χ3v) is 5.16. The first-order valence-corrected chi connectivity index (χ1v) is 9.03. The number of likely N-dealkylation sites (tertiary alicyclic amines) is 1. The van der Waals surface area contributed by atoms with E-state index in [9.17, 15) is 13.6 Å². The van der Waals surface area contributed by atoms with Crippen LogP contribution in [0.3, 0.4) is 0 Å². The number of hydrogen-bond acceptors (Lipinski definition) is 3. The highest BCUT2D eigenvalue weighted by Crippen LogP contribution is 2.19. The summed E-state index contributed by atoms with van der Waals surface area (Å²) >= 11 is 1.72. The number of nitrogens with one attached hydrogen (secondary N) is 1. The van der Waals surface area contributed by atoms with E-state index < -0.39 is 11.6 Å². The van der Waals surface area contributed by atoms with Crippen LogP contribution in [0.15, 0.2) is 35.0 Å². The van der Waals surface area contributed by atoms with Gasteiger partial charge in [0.05, 0.1) is 0 Å². The fourth-order valence-electron chi connectivity index (χ4n) is 2.97. The van der Waals surface area contributed by atoms with Gasteiger partial charge in [-0.3, -0.25) is 9.69 Å². The van der Waals surface area contributed by atoms with Gasteiger partial charge in [0, 0.05) is 18.7 Å². The predicted octanol–water partition coefficient (Wildman–Crippen LogP) is 3.67. The lowest BCUT2D eigenvalue weighted by Crippen LogP contribution is -2.38. The van der Waals surface area contributed by atoms with Crippen molar-refractivity contribution in [1.82, 2.24) is 10.2 Å². The molecular formula is C18H20F2N2OS. The van der Waals surface area contributed by atoms with Crippen molar-refractivity contribution in [2.24, 2.45) is 5.92 Å². The van der Waals surface area contributed by atoms with Gasteiger partial charge in [-0.1, -0.05) is 0 Å². The molecule has 1 fully saturated rings. The van der Waals surface area contributed by atoms with Gasteiger partial charge < -0.3 is 5.32 Å². The monoisotopic (exact) mass is 350 g/mol. The maximum absolute atomic E-state index is 13.2. The second-order valence-electron chi connectivity index (χ2n) is 6.19. The van der Waals surface area contributed by atoms with Crippen LogP contribution in [0.25, 0.3) is 0 Å².